The molecule has 0 radical (unpaired) electrons. The van der Waals surface area contributed by atoms with Crippen LogP contribution in [0.25, 0.3) is 0 Å². The molecule has 8 nitrogen and oxygen atoms in total. The molecule has 23 heavy (non-hydrogen) atoms. The molecule has 2 rings (SSSR count). The van der Waals surface area contributed by atoms with Crippen molar-refractivity contribution in [1.29, 1.82) is 0 Å². The number of anilines is 1. The van der Waals surface area contributed by atoms with Crippen LogP contribution >= 0.6 is 0 Å². The summed E-state index contributed by atoms with van der Waals surface area (Å²) in [5.41, 5.74) is 0.140. The van der Waals surface area contributed by atoms with E-state index in [1.807, 2.05) is 6.92 Å². The molecule has 1 saturated heterocycles. The number of rotatable bonds is 2. The van der Waals surface area contributed by atoms with Crippen LogP contribution in [0, 0.1) is 6.92 Å². The van der Waals surface area contributed by atoms with Crippen molar-refractivity contribution in [2.45, 2.75) is 39.3 Å². The number of carbonyl (C=O) groups excluding carboxylic acids is 1. The molecule has 1 amide bonds. The van der Waals surface area contributed by atoms with Crippen molar-refractivity contribution in [3.8, 4) is 0 Å². The first-order valence-electron chi connectivity index (χ1n) is 7.44. The summed E-state index contributed by atoms with van der Waals surface area (Å²) in [5, 5.41) is 9.50. The maximum atomic E-state index is 12.1. The van der Waals surface area contributed by atoms with Crippen molar-refractivity contribution < 1.29 is 19.4 Å². The van der Waals surface area contributed by atoms with Gasteiger partial charge in [-0.15, -0.1) is 0 Å². The standard InChI is InChI=1S/C15H22N4O4/c1-10-5-6-16-13(17-10)19-8-7-18(9-11(19)12(20)21)14(22)23-15(2,3)4/h5-6,11H,7-9H2,1-4H3,(H,20,21). The molecule has 0 spiro atoms. The number of amides is 1. The Hall–Kier alpha value is -2.38. The van der Waals surface area contributed by atoms with Gasteiger partial charge in [0.2, 0.25) is 5.95 Å². The van der Waals surface area contributed by atoms with E-state index in [2.05, 4.69) is 9.97 Å². The van der Waals surface area contributed by atoms with Crippen molar-refractivity contribution >= 4 is 18.0 Å². The van der Waals surface area contributed by atoms with Gasteiger partial charge in [0.05, 0.1) is 6.54 Å². The first kappa shape index (κ1) is 17.0. The Kier molecular flexibility index (Phi) is 4.72. The molecule has 1 aliphatic heterocycles. The highest BCUT2D eigenvalue weighted by Crippen LogP contribution is 2.19. The number of aliphatic carboxylic acids is 1. The van der Waals surface area contributed by atoms with Crippen LogP contribution in [0.4, 0.5) is 10.7 Å². The first-order chi connectivity index (χ1) is 10.7. The van der Waals surface area contributed by atoms with Gasteiger partial charge >= 0.3 is 12.1 Å². The van der Waals surface area contributed by atoms with Crippen LogP contribution in [0.15, 0.2) is 12.3 Å². The number of carboxylic acids is 1. The SMILES string of the molecule is Cc1ccnc(N2CCN(C(=O)OC(C)(C)C)CC2C(=O)O)n1. The summed E-state index contributed by atoms with van der Waals surface area (Å²) >= 11 is 0. The number of ether oxygens (including phenoxy) is 1. The Morgan fingerprint density at radius 2 is 2.04 bits per heavy atom. The third-order valence-corrected chi connectivity index (χ3v) is 3.36. The zero-order valence-corrected chi connectivity index (χ0v) is 13.8. The number of carbonyl (C=O) groups is 2. The Morgan fingerprint density at radius 3 is 2.61 bits per heavy atom. The molecule has 1 atom stereocenters. The van der Waals surface area contributed by atoms with Crippen LogP contribution in [0.5, 0.6) is 0 Å². The molecule has 1 aromatic rings. The summed E-state index contributed by atoms with van der Waals surface area (Å²) in [7, 11) is 0. The summed E-state index contributed by atoms with van der Waals surface area (Å²) in [5.74, 6) is -0.662. The average molecular weight is 322 g/mol. The molecule has 126 valence electrons. The topological polar surface area (TPSA) is 95.9 Å². The molecule has 0 bridgehead atoms. The van der Waals surface area contributed by atoms with Crippen molar-refractivity contribution in [3.05, 3.63) is 18.0 Å². The van der Waals surface area contributed by atoms with E-state index in [4.69, 9.17) is 4.74 Å². The fraction of sp³-hybridized carbons (Fsp3) is 0.600. The molecule has 0 aromatic carbocycles. The van der Waals surface area contributed by atoms with Gasteiger partial charge in [0, 0.05) is 25.0 Å². The zero-order valence-electron chi connectivity index (χ0n) is 13.8. The summed E-state index contributed by atoms with van der Waals surface area (Å²) in [6, 6.07) is 0.842. The van der Waals surface area contributed by atoms with E-state index in [-0.39, 0.29) is 6.54 Å². The van der Waals surface area contributed by atoms with E-state index in [1.165, 1.54) is 4.90 Å². The number of aryl methyl sites for hydroxylation is 1. The Morgan fingerprint density at radius 1 is 1.35 bits per heavy atom. The average Bonchev–Trinajstić information content (AvgIpc) is 2.44. The lowest BCUT2D eigenvalue weighted by Crippen LogP contribution is -2.59. The number of hydrogen-bond donors (Lipinski definition) is 1. The predicted octanol–water partition coefficient (Wildman–Crippen LogP) is 1.30. The van der Waals surface area contributed by atoms with Gasteiger partial charge < -0.3 is 19.6 Å². The second kappa shape index (κ2) is 6.39. The van der Waals surface area contributed by atoms with Crippen LogP contribution in [-0.4, -0.2) is 63.3 Å². The smallest absolute Gasteiger partial charge is 0.410 e. The minimum atomic E-state index is -1.02. The molecular weight excluding hydrogens is 300 g/mol. The lowest BCUT2D eigenvalue weighted by atomic mass is 10.1. The van der Waals surface area contributed by atoms with E-state index < -0.39 is 23.7 Å². The van der Waals surface area contributed by atoms with Crippen LogP contribution in [0.3, 0.4) is 0 Å². The number of hydrogen-bond acceptors (Lipinski definition) is 6. The van der Waals surface area contributed by atoms with Gasteiger partial charge in [0.25, 0.3) is 0 Å². The van der Waals surface area contributed by atoms with Gasteiger partial charge in [-0.25, -0.2) is 19.6 Å². The van der Waals surface area contributed by atoms with E-state index in [9.17, 15) is 14.7 Å². The Labute approximate surface area is 135 Å². The second-order valence-electron chi connectivity index (χ2n) is 6.47. The fourth-order valence-corrected chi connectivity index (χ4v) is 2.30. The molecule has 8 heteroatoms. The van der Waals surface area contributed by atoms with Crippen LogP contribution < -0.4 is 4.90 Å². The highest BCUT2D eigenvalue weighted by molar-refractivity contribution is 5.79. The van der Waals surface area contributed by atoms with Crippen molar-refractivity contribution in [1.82, 2.24) is 14.9 Å². The first-order valence-corrected chi connectivity index (χ1v) is 7.44. The van der Waals surface area contributed by atoms with Crippen LogP contribution in [-0.2, 0) is 9.53 Å². The van der Waals surface area contributed by atoms with Crippen molar-refractivity contribution in [2.24, 2.45) is 0 Å². The minimum Gasteiger partial charge on any atom is -0.480 e. The second-order valence-corrected chi connectivity index (χ2v) is 6.47. The lowest BCUT2D eigenvalue weighted by Gasteiger charge is -2.39. The quantitative estimate of drug-likeness (QED) is 0.876. The Bertz CT molecular complexity index is 599. The summed E-state index contributed by atoms with van der Waals surface area (Å²) in [6.07, 6.45) is 1.09. The summed E-state index contributed by atoms with van der Waals surface area (Å²) in [6.45, 7) is 7.86. The van der Waals surface area contributed by atoms with Gasteiger partial charge in [-0.2, -0.15) is 0 Å². The Balaban J connectivity index is 2.15. The third kappa shape index (κ3) is 4.30. The van der Waals surface area contributed by atoms with Crippen molar-refractivity contribution in [3.63, 3.8) is 0 Å². The monoisotopic (exact) mass is 322 g/mol. The van der Waals surface area contributed by atoms with Gasteiger partial charge in [-0.3, -0.25) is 0 Å². The van der Waals surface area contributed by atoms with Gasteiger partial charge in [0.15, 0.2) is 0 Å². The van der Waals surface area contributed by atoms with Crippen molar-refractivity contribution in [2.75, 3.05) is 24.5 Å². The van der Waals surface area contributed by atoms with Gasteiger partial charge in [0.1, 0.15) is 11.6 Å². The maximum Gasteiger partial charge on any atom is 0.410 e. The molecule has 2 heterocycles. The van der Waals surface area contributed by atoms with E-state index in [0.29, 0.717) is 19.0 Å². The van der Waals surface area contributed by atoms with Gasteiger partial charge in [-0.1, -0.05) is 0 Å². The normalized spacial score (nSPS) is 18.7. The minimum absolute atomic E-state index is 0.0293. The van der Waals surface area contributed by atoms with E-state index in [1.54, 1.807) is 37.9 Å². The number of piperazine rings is 1. The highest BCUT2D eigenvalue weighted by atomic mass is 16.6. The molecular formula is C15H22N4O4. The molecule has 0 aliphatic carbocycles. The third-order valence-electron chi connectivity index (χ3n) is 3.36. The molecule has 0 saturated carbocycles. The van der Waals surface area contributed by atoms with Crippen LogP contribution in [0.2, 0.25) is 0 Å². The highest BCUT2D eigenvalue weighted by Gasteiger charge is 2.37. The summed E-state index contributed by atoms with van der Waals surface area (Å²) in [4.78, 5) is 35.2. The van der Waals surface area contributed by atoms with Gasteiger partial charge in [-0.05, 0) is 33.8 Å². The number of carboxylic acid groups (broad SMARTS) is 1. The number of aromatic nitrogens is 2. The fourth-order valence-electron chi connectivity index (χ4n) is 2.30. The molecule has 1 fully saturated rings. The molecule has 1 aromatic heterocycles. The maximum absolute atomic E-state index is 12.1. The predicted molar refractivity (Wildman–Crippen MR) is 83.3 cm³/mol. The van der Waals surface area contributed by atoms with Crippen LogP contribution in [0.1, 0.15) is 26.5 Å². The molecule has 1 aliphatic rings. The van der Waals surface area contributed by atoms with E-state index >= 15 is 0 Å². The van der Waals surface area contributed by atoms with E-state index in [0.717, 1.165) is 5.69 Å². The lowest BCUT2D eigenvalue weighted by molar-refractivity contribution is -0.139. The summed E-state index contributed by atoms with van der Waals surface area (Å²) < 4.78 is 5.31. The number of nitrogens with zero attached hydrogens (tertiary/aromatic N) is 4. The zero-order chi connectivity index (χ0) is 17.2. The molecule has 1 N–H and O–H groups in total. The largest absolute Gasteiger partial charge is 0.480 e. The molecule has 1 unspecified atom stereocenters.